The summed E-state index contributed by atoms with van der Waals surface area (Å²) in [6, 6.07) is 29.2. The fraction of sp³-hybridized carbons (Fsp3) is 0.138. The number of aliphatic imine (C=N–C) groups is 1. The zero-order chi connectivity index (χ0) is 23.7. The summed E-state index contributed by atoms with van der Waals surface area (Å²) in [4.78, 5) is 19.8. The van der Waals surface area contributed by atoms with Gasteiger partial charge in [-0.1, -0.05) is 92.7 Å². The van der Waals surface area contributed by atoms with E-state index in [0.29, 0.717) is 35.1 Å². The number of hydrogen-bond acceptors (Lipinski definition) is 4. The molecule has 0 atom stereocenters. The van der Waals surface area contributed by atoms with Gasteiger partial charge in [0.1, 0.15) is 23.1 Å². The smallest absolute Gasteiger partial charge is 0.277 e. The Morgan fingerprint density at radius 3 is 2.18 bits per heavy atom. The van der Waals surface area contributed by atoms with Crippen LogP contribution in [-0.2, 0) is 4.79 Å². The Balaban J connectivity index is 1.72. The molecule has 0 bridgehead atoms. The molecule has 5 rings (SSSR count). The van der Waals surface area contributed by atoms with Gasteiger partial charge in [0, 0.05) is 23.2 Å². The molecule has 0 saturated heterocycles. The predicted octanol–water partition coefficient (Wildman–Crippen LogP) is 6.61. The van der Waals surface area contributed by atoms with Crippen LogP contribution in [0.1, 0.15) is 25.0 Å². The van der Waals surface area contributed by atoms with Crippen LogP contribution in [-0.4, -0.2) is 18.2 Å². The average molecular weight is 446 g/mol. The van der Waals surface area contributed by atoms with Crippen LogP contribution in [0.3, 0.4) is 0 Å². The molecule has 5 nitrogen and oxygen atoms in total. The van der Waals surface area contributed by atoms with Gasteiger partial charge in [-0.2, -0.15) is 5.26 Å². The highest BCUT2D eigenvalue weighted by molar-refractivity contribution is 6.54. The third-order valence-corrected chi connectivity index (χ3v) is 5.76. The minimum atomic E-state index is -0.183. The molecule has 1 aliphatic rings. The first-order valence-corrected chi connectivity index (χ1v) is 11.3. The second-order valence-electron chi connectivity index (χ2n) is 8.62. The molecule has 166 valence electrons. The summed E-state index contributed by atoms with van der Waals surface area (Å²) >= 11 is 0. The fourth-order valence-corrected chi connectivity index (χ4v) is 4.29. The molecule has 2 heterocycles. The lowest BCUT2D eigenvalue weighted by atomic mass is 9.98. The highest BCUT2D eigenvalue weighted by atomic mass is 16.4. The first kappa shape index (κ1) is 21.4. The lowest BCUT2D eigenvalue weighted by Crippen LogP contribution is -2.33. The number of amides is 1. The van der Waals surface area contributed by atoms with Crippen LogP contribution in [0.2, 0.25) is 0 Å². The number of anilines is 1. The molecule has 1 amide bonds. The molecular formula is C29H23N3O2. The molecule has 0 saturated carbocycles. The van der Waals surface area contributed by atoms with E-state index in [9.17, 15) is 10.1 Å². The molecule has 1 aliphatic heterocycles. The van der Waals surface area contributed by atoms with E-state index in [1.54, 1.807) is 4.90 Å². The maximum Gasteiger partial charge on any atom is 0.277 e. The number of carbonyl (C=O) groups excluding carboxylic acids is 1. The fourth-order valence-electron chi connectivity index (χ4n) is 4.29. The monoisotopic (exact) mass is 445 g/mol. The lowest BCUT2D eigenvalue weighted by Gasteiger charge is -2.18. The number of benzene rings is 3. The summed E-state index contributed by atoms with van der Waals surface area (Å²) in [5, 5.41) is 10.2. The number of rotatable bonds is 5. The van der Waals surface area contributed by atoms with Gasteiger partial charge in [-0.25, -0.2) is 4.99 Å². The van der Waals surface area contributed by atoms with Gasteiger partial charge in [0.15, 0.2) is 0 Å². The number of fused-ring (bicyclic) bond motifs is 1. The van der Waals surface area contributed by atoms with Crippen molar-refractivity contribution in [3.05, 3.63) is 96.1 Å². The second kappa shape index (κ2) is 8.84. The molecule has 0 fully saturated rings. The van der Waals surface area contributed by atoms with E-state index in [1.807, 2.05) is 84.9 Å². The summed E-state index contributed by atoms with van der Waals surface area (Å²) in [5.74, 6) is 0.812. The Morgan fingerprint density at radius 1 is 0.912 bits per heavy atom. The zero-order valence-electron chi connectivity index (χ0n) is 19.0. The second-order valence-corrected chi connectivity index (χ2v) is 8.62. The van der Waals surface area contributed by atoms with Crippen LogP contribution in [0.5, 0.6) is 0 Å². The number of hydrogen-bond donors (Lipinski definition) is 0. The summed E-state index contributed by atoms with van der Waals surface area (Å²) in [6.07, 6.45) is 0. The topological polar surface area (TPSA) is 69.6 Å². The normalized spacial score (nSPS) is 14.0. The van der Waals surface area contributed by atoms with E-state index in [0.717, 1.165) is 22.4 Å². The van der Waals surface area contributed by atoms with E-state index >= 15 is 0 Å². The van der Waals surface area contributed by atoms with Crippen LogP contribution in [0, 0.1) is 17.2 Å². The van der Waals surface area contributed by atoms with Crippen LogP contribution < -0.4 is 4.90 Å². The average Bonchev–Trinajstić information content (AvgIpc) is 3.36. The van der Waals surface area contributed by atoms with Gasteiger partial charge in [0.05, 0.1) is 5.69 Å². The summed E-state index contributed by atoms with van der Waals surface area (Å²) in [6.45, 7) is 4.73. The molecule has 34 heavy (non-hydrogen) atoms. The molecule has 0 unspecified atom stereocenters. The van der Waals surface area contributed by atoms with E-state index in [4.69, 9.17) is 4.42 Å². The van der Waals surface area contributed by atoms with Crippen molar-refractivity contribution < 1.29 is 9.21 Å². The number of carbonyl (C=O) groups is 1. The van der Waals surface area contributed by atoms with Crippen molar-refractivity contribution in [3.63, 3.8) is 0 Å². The quantitative estimate of drug-likeness (QED) is 0.347. The molecule has 5 heteroatoms. The zero-order valence-corrected chi connectivity index (χ0v) is 19.0. The van der Waals surface area contributed by atoms with E-state index < -0.39 is 0 Å². The number of para-hydroxylation sites is 1. The predicted molar refractivity (Wildman–Crippen MR) is 134 cm³/mol. The van der Waals surface area contributed by atoms with Crippen LogP contribution in [0.25, 0.3) is 22.5 Å². The van der Waals surface area contributed by atoms with Gasteiger partial charge in [-0.3, -0.25) is 4.79 Å². The summed E-state index contributed by atoms with van der Waals surface area (Å²) in [5.41, 5.74) is 4.54. The minimum Gasteiger partial charge on any atom is -0.436 e. The highest BCUT2D eigenvalue weighted by Gasteiger charge is 2.35. The summed E-state index contributed by atoms with van der Waals surface area (Å²) in [7, 11) is 0. The van der Waals surface area contributed by atoms with Crippen molar-refractivity contribution in [3.8, 4) is 28.5 Å². The maximum absolute atomic E-state index is 13.4. The Kier molecular flexibility index (Phi) is 5.57. The van der Waals surface area contributed by atoms with Gasteiger partial charge >= 0.3 is 0 Å². The number of furan rings is 1. The third kappa shape index (κ3) is 3.70. The first-order chi connectivity index (χ1) is 16.6. The number of nitriles is 1. The Bertz CT molecular complexity index is 1430. The molecule has 0 radical (unpaired) electrons. The molecule has 0 N–H and O–H groups in total. The molecule has 3 aromatic carbocycles. The highest BCUT2D eigenvalue weighted by Crippen LogP contribution is 2.43. The minimum absolute atomic E-state index is 0.143. The van der Waals surface area contributed by atoms with Crippen molar-refractivity contribution >= 4 is 23.2 Å². The Labute approximate surface area is 198 Å². The van der Waals surface area contributed by atoms with Gasteiger partial charge < -0.3 is 9.32 Å². The molecule has 0 aliphatic carbocycles. The Hall–Kier alpha value is -4.43. The maximum atomic E-state index is 13.4. The molecular weight excluding hydrogens is 422 g/mol. The van der Waals surface area contributed by atoms with E-state index in [1.165, 1.54) is 0 Å². The number of nitrogens with zero attached hydrogens (tertiary/aromatic N) is 3. The summed E-state index contributed by atoms with van der Waals surface area (Å²) < 4.78 is 6.24. The van der Waals surface area contributed by atoms with Crippen molar-refractivity contribution in [1.82, 2.24) is 0 Å². The van der Waals surface area contributed by atoms with Crippen LogP contribution in [0.15, 0.2) is 94.3 Å². The van der Waals surface area contributed by atoms with Gasteiger partial charge in [0.2, 0.25) is 5.88 Å². The van der Waals surface area contributed by atoms with E-state index in [-0.39, 0.29) is 11.8 Å². The Morgan fingerprint density at radius 2 is 1.53 bits per heavy atom. The van der Waals surface area contributed by atoms with Crippen LogP contribution in [0.4, 0.5) is 11.6 Å². The van der Waals surface area contributed by atoms with Crippen LogP contribution >= 0.6 is 0 Å². The van der Waals surface area contributed by atoms with Crippen molar-refractivity contribution in [2.24, 2.45) is 10.9 Å². The van der Waals surface area contributed by atoms with Gasteiger partial charge in [0.25, 0.3) is 5.91 Å². The third-order valence-electron chi connectivity index (χ3n) is 5.76. The molecule has 1 aromatic heterocycles. The largest absolute Gasteiger partial charge is 0.436 e. The molecule has 0 spiro atoms. The van der Waals surface area contributed by atoms with Gasteiger partial charge in [-0.15, -0.1) is 0 Å². The van der Waals surface area contributed by atoms with Gasteiger partial charge in [-0.05, 0) is 17.5 Å². The van der Waals surface area contributed by atoms with Crippen molar-refractivity contribution in [2.75, 3.05) is 11.4 Å². The molecule has 4 aromatic rings. The van der Waals surface area contributed by atoms with Crippen molar-refractivity contribution in [1.29, 1.82) is 5.26 Å². The standard InChI is InChI=1S/C29H23N3O2/c1-19(2)18-32-24-16-10-9-15-22(24)26(29(32)33)31-28-23(17-30)25(20-11-5-3-6-12-20)27(34-28)21-13-7-4-8-14-21/h3-16,19H,18H2,1-2H3. The van der Waals surface area contributed by atoms with E-state index in [2.05, 4.69) is 24.9 Å². The SMILES string of the molecule is CC(C)CN1C(=O)C(=Nc2oc(-c3ccccc3)c(-c3ccccc3)c2C#N)c2ccccc21. The lowest BCUT2D eigenvalue weighted by molar-refractivity contribution is -0.112. The van der Waals surface area contributed by atoms with Crippen molar-refractivity contribution in [2.45, 2.75) is 13.8 Å². The first-order valence-electron chi connectivity index (χ1n) is 11.3.